The minimum atomic E-state index is -0.256. The van der Waals surface area contributed by atoms with E-state index in [2.05, 4.69) is 5.32 Å². The second-order valence-electron chi connectivity index (χ2n) is 3.55. The molecule has 1 saturated heterocycles. The van der Waals surface area contributed by atoms with Crippen LogP contribution in [0.15, 0.2) is 0 Å². The van der Waals surface area contributed by atoms with E-state index < -0.39 is 0 Å². The molecule has 1 rings (SSSR count). The van der Waals surface area contributed by atoms with E-state index in [0.717, 1.165) is 19.3 Å². The van der Waals surface area contributed by atoms with Gasteiger partial charge in [0.1, 0.15) is 6.10 Å². The molecule has 1 fully saturated rings. The molecular weight excluding hydrogens is 196 g/mol. The number of carbonyl (C=O) groups excluding carboxylic acids is 1. The number of nitrogens with two attached hydrogens (primary N) is 1. The van der Waals surface area contributed by atoms with Gasteiger partial charge in [0.15, 0.2) is 0 Å². The number of hydrogen-bond donors (Lipinski definition) is 2. The molecule has 15 heavy (non-hydrogen) atoms. The second kappa shape index (κ2) is 7.62. The number of nitrogens with one attached hydrogen (secondary N) is 1. The lowest BCUT2D eigenvalue weighted by Crippen LogP contribution is -2.39. The average molecular weight is 216 g/mol. The van der Waals surface area contributed by atoms with Gasteiger partial charge in [0.2, 0.25) is 5.91 Å². The van der Waals surface area contributed by atoms with Crippen LogP contribution in [0.25, 0.3) is 0 Å². The third-order valence-corrected chi connectivity index (χ3v) is 2.28. The molecule has 1 heterocycles. The predicted molar refractivity (Wildman–Crippen MR) is 56.5 cm³/mol. The third kappa shape index (κ3) is 5.11. The Morgan fingerprint density at radius 2 is 2.33 bits per heavy atom. The van der Waals surface area contributed by atoms with Crippen molar-refractivity contribution in [2.45, 2.75) is 25.4 Å². The van der Waals surface area contributed by atoms with Crippen molar-refractivity contribution >= 4 is 5.91 Å². The Hall–Kier alpha value is -0.650. The molecule has 88 valence electrons. The first kappa shape index (κ1) is 12.4. The van der Waals surface area contributed by atoms with Crippen molar-refractivity contribution in [3.05, 3.63) is 0 Å². The van der Waals surface area contributed by atoms with Gasteiger partial charge in [-0.2, -0.15) is 0 Å². The van der Waals surface area contributed by atoms with E-state index in [4.69, 9.17) is 15.2 Å². The Labute approximate surface area is 90.3 Å². The summed E-state index contributed by atoms with van der Waals surface area (Å²) in [6.07, 6.45) is 2.70. The average Bonchev–Trinajstić information content (AvgIpc) is 2.30. The van der Waals surface area contributed by atoms with Crippen LogP contribution in [-0.2, 0) is 14.3 Å². The number of rotatable bonds is 6. The molecule has 3 N–H and O–H groups in total. The Balaban J connectivity index is 2.02. The van der Waals surface area contributed by atoms with Crippen LogP contribution in [0.3, 0.4) is 0 Å². The van der Waals surface area contributed by atoms with Gasteiger partial charge in [-0.05, 0) is 19.3 Å². The van der Waals surface area contributed by atoms with Crippen LogP contribution in [0.5, 0.6) is 0 Å². The lowest BCUT2D eigenvalue weighted by atomic mass is 10.1. The van der Waals surface area contributed by atoms with Crippen LogP contribution in [0, 0.1) is 0 Å². The summed E-state index contributed by atoms with van der Waals surface area (Å²) in [6.45, 7) is 2.78. The molecule has 1 atom stereocenters. The summed E-state index contributed by atoms with van der Waals surface area (Å²) in [4.78, 5) is 11.5. The van der Waals surface area contributed by atoms with Gasteiger partial charge in [-0.15, -0.1) is 0 Å². The van der Waals surface area contributed by atoms with Gasteiger partial charge < -0.3 is 20.5 Å². The Bertz CT molecular complexity index is 182. The van der Waals surface area contributed by atoms with Crippen LogP contribution >= 0.6 is 0 Å². The summed E-state index contributed by atoms with van der Waals surface area (Å²) in [7, 11) is 0. The van der Waals surface area contributed by atoms with E-state index in [9.17, 15) is 4.79 Å². The van der Waals surface area contributed by atoms with Crippen LogP contribution in [-0.4, -0.2) is 44.9 Å². The minimum Gasteiger partial charge on any atom is -0.378 e. The lowest BCUT2D eigenvalue weighted by Gasteiger charge is -2.21. The van der Waals surface area contributed by atoms with Crippen molar-refractivity contribution < 1.29 is 14.3 Å². The van der Waals surface area contributed by atoms with Crippen LogP contribution in [0.1, 0.15) is 19.3 Å². The van der Waals surface area contributed by atoms with E-state index in [1.807, 2.05) is 0 Å². The lowest BCUT2D eigenvalue weighted by molar-refractivity contribution is -0.135. The maximum Gasteiger partial charge on any atom is 0.249 e. The van der Waals surface area contributed by atoms with E-state index in [1.165, 1.54) is 0 Å². The zero-order valence-corrected chi connectivity index (χ0v) is 9.04. The van der Waals surface area contributed by atoms with Crippen molar-refractivity contribution in [3.8, 4) is 0 Å². The SMILES string of the molecule is NCCOCCNC(=O)C1CCCCO1. The molecule has 0 radical (unpaired) electrons. The molecule has 0 aromatic carbocycles. The highest BCUT2D eigenvalue weighted by molar-refractivity contribution is 5.80. The Morgan fingerprint density at radius 1 is 1.47 bits per heavy atom. The summed E-state index contributed by atoms with van der Waals surface area (Å²) in [5, 5.41) is 2.78. The maximum absolute atomic E-state index is 11.5. The minimum absolute atomic E-state index is 0.0222. The first-order chi connectivity index (χ1) is 7.34. The third-order valence-electron chi connectivity index (χ3n) is 2.28. The van der Waals surface area contributed by atoms with Crippen molar-refractivity contribution in [2.24, 2.45) is 5.73 Å². The number of carbonyl (C=O) groups is 1. The molecule has 1 unspecified atom stereocenters. The zero-order valence-electron chi connectivity index (χ0n) is 9.04. The molecule has 5 heteroatoms. The zero-order chi connectivity index (χ0) is 10.9. The summed E-state index contributed by atoms with van der Waals surface area (Å²) >= 11 is 0. The second-order valence-corrected chi connectivity index (χ2v) is 3.55. The largest absolute Gasteiger partial charge is 0.378 e. The molecule has 0 spiro atoms. The van der Waals surface area contributed by atoms with Crippen LogP contribution < -0.4 is 11.1 Å². The highest BCUT2D eigenvalue weighted by Gasteiger charge is 2.20. The van der Waals surface area contributed by atoms with Crippen LogP contribution in [0.4, 0.5) is 0 Å². The highest BCUT2D eigenvalue weighted by Crippen LogP contribution is 2.12. The summed E-state index contributed by atoms with van der Waals surface area (Å²) in [6, 6.07) is 0. The Morgan fingerprint density at radius 3 is 3.00 bits per heavy atom. The monoisotopic (exact) mass is 216 g/mol. The molecular formula is C10H20N2O3. The van der Waals surface area contributed by atoms with E-state index in [1.54, 1.807) is 0 Å². The molecule has 1 aliphatic heterocycles. The molecule has 5 nitrogen and oxygen atoms in total. The van der Waals surface area contributed by atoms with Crippen molar-refractivity contribution in [1.29, 1.82) is 0 Å². The van der Waals surface area contributed by atoms with Crippen LogP contribution in [0.2, 0.25) is 0 Å². The smallest absolute Gasteiger partial charge is 0.249 e. The van der Waals surface area contributed by atoms with Gasteiger partial charge in [0, 0.05) is 19.7 Å². The summed E-state index contributed by atoms with van der Waals surface area (Å²) in [5.74, 6) is -0.0222. The molecule has 0 aromatic heterocycles. The maximum atomic E-state index is 11.5. The standard InChI is InChI=1S/C10H20N2O3/c11-4-7-14-8-5-12-10(13)9-3-1-2-6-15-9/h9H,1-8,11H2,(H,12,13). The Kier molecular flexibility index (Phi) is 6.31. The number of amides is 1. The normalized spacial score (nSPS) is 21.3. The molecule has 0 aliphatic carbocycles. The van der Waals surface area contributed by atoms with Crippen molar-refractivity contribution in [2.75, 3.05) is 32.9 Å². The molecule has 1 amide bonds. The summed E-state index contributed by atoms with van der Waals surface area (Å²) in [5.41, 5.74) is 5.26. The number of hydrogen-bond acceptors (Lipinski definition) is 4. The fourth-order valence-electron chi connectivity index (χ4n) is 1.49. The van der Waals surface area contributed by atoms with Gasteiger partial charge in [0.25, 0.3) is 0 Å². The summed E-state index contributed by atoms with van der Waals surface area (Å²) < 4.78 is 10.5. The van der Waals surface area contributed by atoms with Gasteiger partial charge in [-0.25, -0.2) is 0 Å². The van der Waals surface area contributed by atoms with E-state index in [0.29, 0.717) is 32.9 Å². The van der Waals surface area contributed by atoms with Crippen molar-refractivity contribution in [1.82, 2.24) is 5.32 Å². The van der Waals surface area contributed by atoms with E-state index >= 15 is 0 Å². The molecule has 0 bridgehead atoms. The molecule has 0 aromatic rings. The highest BCUT2D eigenvalue weighted by atomic mass is 16.5. The topological polar surface area (TPSA) is 73.6 Å². The fourth-order valence-corrected chi connectivity index (χ4v) is 1.49. The fraction of sp³-hybridized carbons (Fsp3) is 0.900. The molecule has 1 aliphatic rings. The van der Waals surface area contributed by atoms with E-state index in [-0.39, 0.29) is 12.0 Å². The van der Waals surface area contributed by atoms with Gasteiger partial charge in [-0.3, -0.25) is 4.79 Å². The number of ether oxygens (including phenoxy) is 2. The first-order valence-electron chi connectivity index (χ1n) is 5.51. The van der Waals surface area contributed by atoms with Gasteiger partial charge >= 0.3 is 0 Å². The van der Waals surface area contributed by atoms with Gasteiger partial charge in [0.05, 0.1) is 13.2 Å². The van der Waals surface area contributed by atoms with Gasteiger partial charge in [-0.1, -0.05) is 0 Å². The molecule has 0 saturated carbocycles. The quantitative estimate of drug-likeness (QED) is 0.595. The van der Waals surface area contributed by atoms with Crippen molar-refractivity contribution in [3.63, 3.8) is 0 Å². The predicted octanol–water partition coefficient (Wildman–Crippen LogP) is -0.353. The first-order valence-corrected chi connectivity index (χ1v) is 5.51.